The van der Waals surface area contributed by atoms with Gasteiger partial charge in [-0.3, -0.25) is 0 Å². The number of hydrogen-bond donors (Lipinski definition) is 1. The third-order valence-electron chi connectivity index (χ3n) is 6.74. The van der Waals surface area contributed by atoms with Crippen molar-refractivity contribution in [1.29, 1.82) is 0 Å². The molecule has 3 aromatic heterocycles. The summed E-state index contributed by atoms with van der Waals surface area (Å²) in [5, 5.41) is 16.4. The first kappa shape index (κ1) is 23.8. The second-order valence-electron chi connectivity index (χ2n) is 9.03. The van der Waals surface area contributed by atoms with Crippen molar-refractivity contribution >= 4 is 21.8 Å². The lowest BCUT2D eigenvalue weighted by atomic mass is 9.84. The summed E-state index contributed by atoms with van der Waals surface area (Å²) in [7, 11) is 1.63. The quantitative estimate of drug-likeness (QED) is 0.295. The number of benzene rings is 3. The topological polar surface area (TPSA) is 68.8 Å². The minimum absolute atomic E-state index is 0.259. The molecule has 0 saturated heterocycles. The number of aryl methyl sites for hydroxylation is 1. The van der Waals surface area contributed by atoms with Crippen LogP contribution in [0.4, 0.5) is 17.6 Å². The summed E-state index contributed by atoms with van der Waals surface area (Å²) < 4.78 is 60.6. The lowest BCUT2D eigenvalue weighted by Gasteiger charge is -2.31. The standard InChI is InChI=1S/C28H19F4N5O/c1-36-15-24(23-8-2-17(11-26(23)36)19-12-33-16-34-13-19)27(38,28(30,31)32)20-3-9-25-18(10-20)14-35-37(25)22-6-4-21(29)5-7-22/h2-16,38H,1H3. The van der Waals surface area contributed by atoms with Crippen LogP contribution in [-0.4, -0.2) is 35.6 Å². The maximum Gasteiger partial charge on any atom is 0.425 e. The summed E-state index contributed by atoms with van der Waals surface area (Å²) in [4.78, 5) is 8.00. The normalized spacial score (nSPS) is 13.7. The van der Waals surface area contributed by atoms with Crippen LogP contribution < -0.4 is 0 Å². The van der Waals surface area contributed by atoms with Crippen LogP contribution in [0.2, 0.25) is 0 Å². The van der Waals surface area contributed by atoms with Crippen molar-refractivity contribution in [3.63, 3.8) is 0 Å². The number of aromatic nitrogens is 5. The highest BCUT2D eigenvalue weighted by Gasteiger charge is 2.57. The molecular weight excluding hydrogens is 498 g/mol. The largest absolute Gasteiger partial charge is 0.425 e. The molecule has 0 aliphatic heterocycles. The van der Waals surface area contributed by atoms with E-state index in [-0.39, 0.29) is 16.5 Å². The number of halogens is 4. The third kappa shape index (κ3) is 3.64. The summed E-state index contributed by atoms with van der Waals surface area (Å²) in [6.07, 6.45) is 2.31. The van der Waals surface area contributed by atoms with Crippen LogP contribution in [0, 0.1) is 5.82 Å². The van der Waals surface area contributed by atoms with Gasteiger partial charge in [-0.2, -0.15) is 18.3 Å². The van der Waals surface area contributed by atoms with Gasteiger partial charge in [-0.15, -0.1) is 0 Å². The predicted molar refractivity (Wildman–Crippen MR) is 134 cm³/mol. The van der Waals surface area contributed by atoms with Crippen LogP contribution in [0.25, 0.3) is 38.6 Å². The van der Waals surface area contributed by atoms with Crippen LogP contribution in [-0.2, 0) is 12.6 Å². The zero-order chi connectivity index (χ0) is 26.7. The van der Waals surface area contributed by atoms with E-state index in [1.807, 2.05) is 0 Å². The average molecular weight is 517 g/mol. The Hall–Kier alpha value is -4.57. The molecule has 3 heterocycles. The van der Waals surface area contributed by atoms with Crippen LogP contribution in [0.1, 0.15) is 11.1 Å². The van der Waals surface area contributed by atoms with E-state index in [1.54, 1.807) is 42.2 Å². The van der Waals surface area contributed by atoms with Gasteiger partial charge in [0.1, 0.15) is 12.1 Å². The molecule has 3 aromatic carbocycles. The first-order valence-electron chi connectivity index (χ1n) is 11.5. The number of alkyl halides is 3. The van der Waals surface area contributed by atoms with Gasteiger partial charge in [-0.25, -0.2) is 19.0 Å². The molecule has 6 nitrogen and oxygen atoms in total. The Balaban J connectivity index is 1.50. The van der Waals surface area contributed by atoms with Gasteiger partial charge in [-0.05, 0) is 53.6 Å². The van der Waals surface area contributed by atoms with Gasteiger partial charge < -0.3 is 9.67 Å². The zero-order valence-corrected chi connectivity index (χ0v) is 19.9. The Labute approximate surface area is 213 Å². The first-order valence-corrected chi connectivity index (χ1v) is 11.5. The highest BCUT2D eigenvalue weighted by Crippen LogP contribution is 2.47. The molecule has 10 heteroatoms. The zero-order valence-electron chi connectivity index (χ0n) is 19.9. The Morgan fingerprint density at radius 2 is 1.55 bits per heavy atom. The minimum atomic E-state index is -5.03. The van der Waals surface area contributed by atoms with Crippen molar-refractivity contribution < 1.29 is 22.7 Å². The van der Waals surface area contributed by atoms with E-state index in [0.717, 1.165) is 5.56 Å². The van der Waals surface area contributed by atoms with E-state index >= 15 is 0 Å². The number of rotatable bonds is 4. The Bertz CT molecular complexity index is 1790. The number of fused-ring (bicyclic) bond motifs is 2. The van der Waals surface area contributed by atoms with Gasteiger partial charge in [0.15, 0.2) is 0 Å². The van der Waals surface area contributed by atoms with Crippen LogP contribution in [0.3, 0.4) is 0 Å². The van der Waals surface area contributed by atoms with Crippen LogP contribution in [0.15, 0.2) is 91.8 Å². The monoisotopic (exact) mass is 517 g/mol. The van der Waals surface area contributed by atoms with E-state index in [1.165, 1.54) is 65.9 Å². The molecule has 38 heavy (non-hydrogen) atoms. The summed E-state index contributed by atoms with van der Waals surface area (Å²) in [6, 6.07) is 14.6. The molecule has 1 N–H and O–H groups in total. The van der Waals surface area contributed by atoms with E-state index in [4.69, 9.17) is 0 Å². The lowest BCUT2D eigenvalue weighted by Crippen LogP contribution is -2.43. The fourth-order valence-corrected chi connectivity index (χ4v) is 4.82. The first-order chi connectivity index (χ1) is 18.2. The van der Waals surface area contributed by atoms with E-state index in [9.17, 15) is 22.7 Å². The lowest BCUT2D eigenvalue weighted by molar-refractivity contribution is -0.247. The van der Waals surface area contributed by atoms with E-state index in [0.29, 0.717) is 27.7 Å². The highest BCUT2D eigenvalue weighted by atomic mass is 19.4. The van der Waals surface area contributed by atoms with E-state index in [2.05, 4.69) is 15.1 Å². The van der Waals surface area contributed by atoms with Gasteiger partial charge in [0.05, 0.1) is 17.4 Å². The Morgan fingerprint density at radius 3 is 2.26 bits per heavy atom. The third-order valence-corrected chi connectivity index (χ3v) is 6.74. The maximum atomic E-state index is 14.7. The maximum absolute atomic E-state index is 14.7. The molecule has 0 aliphatic carbocycles. The van der Waals surface area contributed by atoms with Gasteiger partial charge in [0.2, 0.25) is 5.60 Å². The summed E-state index contributed by atoms with van der Waals surface area (Å²) >= 11 is 0. The molecule has 6 rings (SSSR count). The Morgan fingerprint density at radius 1 is 0.816 bits per heavy atom. The van der Waals surface area contributed by atoms with Crippen molar-refractivity contribution in [2.75, 3.05) is 0 Å². The Kier molecular flexibility index (Phi) is 5.32. The van der Waals surface area contributed by atoms with E-state index < -0.39 is 17.6 Å². The molecule has 0 radical (unpaired) electrons. The predicted octanol–water partition coefficient (Wildman–Crippen LogP) is 5.91. The van der Waals surface area contributed by atoms with Crippen molar-refractivity contribution in [3.8, 4) is 16.8 Å². The molecule has 0 aliphatic rings. The molecule has 190 valence electrons. The molecule has 1 unspecified atom stereocenters. The van der Waals surface area contributed by atoms with Crippen molar-refractivity contribution in [2.24, 2.45) is 7.05 Å². The molecule has 0 amide bonds. The van der Waals surface area contributed by atoms with Crippen LogP contribution >= 0.6 is 0 Å². The summed E-state index contributed by atoms with van der Waals surface area (Å²) in [5.74, 6) is -0.415. The number of hydrogen-bond acceptors (Lipinski definition) is 4. The SMILES string of the molecule is Cn1cc(C(O)(c2ccc3c(cnn3-c3ccc(F)cc3)c2)C(F)(F)F)c2ccc(-c3cncnc3)cc21. The minimum Gasteiger partial charge on any atom is -0.372 e. The summed E-state index contributed by atoms with van der Waals surface area (Å²) in [6.45, 7) is 0. The smallest absolute Gasteiger partial charge is 0.372 e. The summed E-state index contributed by atoms with van der Waals surface area (Å²) in [5.41, 5.74) is -0.910. The number of aliphatic hydroxyl groups is 1. The second kappa shape index (κ2) is 8.49. The van der Waals surface area contributed by atoms with Gasteiger partial charge >= 0.3 is 6.18 Å². The fraction of sp³-hybridized carbons (Fsp3) is 0.107. The van der Waals surface area contributed by atoms with Crippen molar-refractivity contribution in [2.45, 2.75) is 11.8 Å². The molecule has 1 atom stereocenters. The second-order valence-corrected chi connectivity index (χ2v) is 9.03. The van der Waals surface area contributed by atoms with Gasteiger partial charge in [0, 0.05) is 53.1 Å². The molecular formula is C28H19F4N5O. The molecule has 0 fully saturated rings. The number of nitrogens with zero attached hydrogens (tertiary/aromatic N) is 5. The molecule has 0 spiro atoms. The van der Waals surface area contributed by atoms with Gasteiger partial charge in [0.25, 0.3) is 0 Å². The van der Waals surface area contributed by atoms with Gasteiger partial charge in [-0.1, -0.05) is 18.2 Å². The van der Waals surface area contributed by atoms with Crippen LogP contribution in [0.5, 0.6) is 0 Å². The fourth-order valence-electron chi connectivity index (χ4n) is 4.82. The average Bonchev–Trinajstić information content (AvgIpc) is 3.49. The molecule has 6 aromatic rings. The van der Waals surface area contributed by atoms with Crippen molar-refractivity contribution in [1.82, 2.24) is 24.3 Å². The van der Waals surface area contributed by atoms with Crippen molar-refractivity contribution in [3.05, 3.63) is 109 Å². The highest BCUT2D eigenvalue weighted by molar-refractivity contribution is 5.90. The molecule has 0 bridgehead atoms. The molecule has 0 saturated carbocycles.